The molecule has 0 radical (unpaired) electrons. The molecule has 0 aliphatic rings. The maximum Gasteiger partial charge on any atom is 0.322 e. The second-order valence-corrected chi connectivity index (χ2v) is 3.42. The van der Waals surface area contributed by atoms with Crippen molar-refractivity contribution in [2.45, 2.75) is 0 Å². The predicted octanol–water partition coefficient (Wildman–Crippen LogP) is 2.12. The van der Waals surface area contributed by atoms with Crippen LogP contribution in [0.1, 0.15) is 0 Å². The van der Waals surface area contributed by atoms with Crippen LogP contribution in [0, 0.1) is 10.1 Å². The highest BCUT2D eigenvalue weighted by molar-refractivity contribution is 5.92. The van der Waals surface area contributed by atoms with Crippen LogP contribution in [-0.4, -0.2) is 12.0 Å². The molecule has 2 aromatic rings. The SMILES string of the molecule is COc1c([N+](=O)[O-])c2ccccc2ccc1=O. The molecule has 0 aromatic heterocycles. The molecule has 0 saturated carbocycles. The van der Waals surface area contributed by atoms with E-state index < -0.39 is 10.4 Å². The maximum atomic E-state index is 11.7. The minimum atomic E-state index is -0.595. The molecule has 0 heterocycles. The third kappa shape index (κ3) is 1.82. The number of nitrogens with zero attached hydrogens (tertiary/aromatic N) is 1. The van der Waals surface area contributed by atoms with E-state index in [1.165, 1.54) is 13.2 Å². The first-order valence-corrected chi connectivity index (χ1v) is 4.89. The largest absolute Gasteiger partial charge is 0.487 e. The van der Waals surface area contributed by atoms with Gasteiger partial charge in [0.2, 0.25) is 11.2 Å². The molecule has 0 bridgehead atoms. The average molecular weight is 231 g/mol. The highest BCUT2D eigenvalue weighted by Crippen LogP contribution is 2.30. The van der Waals surface area contributed by atoms with E-state index >= 15 is 0 Å². The van der Waals surface area contributed by atoms with Crippen molar-refractivity contribution in [1.82, 2.24) is 0 Å². The molecule has 0 unspecified atom stereocenters. The van der Waals surface area contributed by atoms with Crippen LogP contribution in [0.5, 0.6) is 5.75 Å². The van der Waals surface area contributed by atoms with Gasteiger partial charge in [-0.1, -0.05) is 24.3 Å². The van der Waals surface area contributed by atoms with E-state index in [4.69, 9.17) is 4.74 Å². The summed E-state index contributed by atoms with van der Waals surface area (Å²) in [6, 6.07) is 9.56. The lowest BCUT2D eigenvalue weighted by Crippen LogP contribution is -2.03. The lowest BCUT2D eigenvalue weighted by Gasteiger charge is -1.98. The number of nitro groups is 1. The van der Waals surface area contributed by atoms with Crippen molar-refractivity contribution in [2.75, 3.05) is 7.11 Å². The average Bonchev–Trinajstić information content (AvgIpc) is 2.46. The molecular weight excluding hydrogens is 222 g/mol. The Bertz CT molecular complexity index is 652. The highest BCUT2D eigenvalue weighted by Gasteiger charge is 2.20. The van der Waals surface area contributed by atoms with Crippen LogP contribution in [0.15, 0.2) is 41.2 Å². The molecule has 0 N–H and O–H groups in total. The number of fused-ring (bicyclic) bond motifs is 1. The molecule has 5 heteroatoms. The molecule has 0 amide bonds. The van der Waals surface area contributed by atoms with Crippen molar-refractivity contribution < 1.29 is 9.66 Å². The molecule has 0 atom stereocenters. The molecule has 0 spiro atoms. The first-order chi connectivity index (χ1) is 8.15. The Balaban J connectivity index is 3.07. The molecule has 0 aliphatic carbocycles. The van der Waals surface area contributed by atoms with Gasteiger partial charge in [-0.3, -0.25) is 14.9 Å². The summed E-state index contributed by atoms with van der Waals surface area (Å²) in [7, 11) is 1.25. The van der Waals surface area contributed by atoms with E-state index in [2.05, 4.69) is 0 Å². The van der Waals surface area contributed by atoms with Gasteiger partial charge in [0.1, 0.15) is 0 Å². The van der Waals surface area contributed by atoms with Gasteiger partial charge in [-0.15, -0.1) is 0 Å². The quantitative estimate of drug-likeness (QED) is 0.586. The van der Waals surface area contributed by atoms with Crippen molar-refractivity contribution in [2.24, 2.45) is 0 Å². The van der Waals surface area contributed by atoms with Gasteiger partial charge in [0.25, 0.3) is 0 Å². The van der Waals surface area contributed by atoms with Crippen molar-refractivity contribution in [1.29, 1.82) is 0 Å². The third-order valence-electron chi connectivity index (χ3n) is 2.46. The van der Waals surface area contributed by atoms with E-state index in [0.717, 1.165) is 0 Å². The summed E-state index contributed by atoms with van der Waals surface area (Å²) < 4.78 is 4.85. The van der Waals surface area contributed by atoms with Gasteiger partial charge < -0.3 is 4.74 Å². The zero-order chi connectivity index (χ0) is 12.4. The Kier molecular flexibility index (Phi) is 2.74. The zero-order valence-corrected chi connectivity index (χ0v) is 9.04. The molecule has 86 valence electrons. The number of ether oxygens (including phenoxy) is 1. The standard InChI is InChI=1S/C12H9NO4/c1-17-12-10(14)7-6-8-4-2-3-5-9(8)11(12)13(15)16/h2-7H,1H3. The van der Waals surface area contributed by atoms with Crippen LogP contribution in [-0.2, 0) is 0 Å². The van der Waals surface area contributed by atoms with E-state index in [1.54, 1.807) is 30.3 Å². The second kappa shape index (κ2) is 4.21. The van der Waals surface area contributed by atoms with E-state index in [0.29, 0.717) is 10.8 Å². The number of hydrogen-bond acceptors (Lipinski definition) is 4. The summed E-state index contributed by atoms with van der Waals surface area (Å²) in [5.74, 6) is -0.240. The summed E-state index contributed by atoms with van der Waals surface area (Å²) in [6.07, 6.45) is 0. The van der Waals surface area contributed by atoms with Gasteiger partial charge >= 0.3 is 5.69 Å². The molecule has 2 rings (SSSR count). The second-order valence-electron chi connectivity index (χ2n) is 3.42. The first-order valence-electron chi connectivity index (χ1n) is 4.89. The van der Waals surface area contributed by atoms with Gasteiger partial charge in [0.15, 0.2) is 0 Å². The smallest absolute Gasteiger partial charge is 0.322 e. The fourth-order valence-corrected chi connectivity index (χ4v) is 1.72. The normalized spacial score (nSPS) is 10.2. The van der Waals surface area contributed by atoms with Crippen molar-refractivity contribution in [3.05, 3.63) is 56.7 Å². The number of methoxy groups -OCH3 is 1. The Hall–Kier alpha value is -2.43. The zero-order valence-electron chi connectivity index (χ0n) is 9.04. The van der Waals surface area contributed by atoms with Gasteiger partial charge in [0.05, 0.1) is 17.4 Å². The maximum absolute atomic E-state index is 11.7. The highest BCUT2D eigenvalue weighted by atomic mass is 16.6. The number of hydrogen-bond donors (Lipinski definition) is 0. The summed E-state index contributed by atoms with van der Waals surface area (Å²) in [6.45, 7) is 0. The van der Waals surface area contributed by atoms with E-state index in [9.17, 15) is 14.9 Å². The molecule has 0 fully saturated rings. The van der Waals surface area contributed by atoms with Crippen LogP contribution in [0.3, 0.4) is 0 Å². The Morgan fingerprint density at radius 3 is 2.53 bits per heavy atom. The van der Waals surface area contributed by atoms with Crippen molar-refractivity contribution in [3.8, 4) is 5.75 Å². The van der Waals surface area contributed by atoms with Crippen LogP contribution in [0.4, 0.5) is 5.69 Å². The Labute approximate surface area is 96.4 Å². The fraction of sp³-hybridized carbons (Fsp3) is 0.0833. The van der Waals surface area contributed by atoms with Crippen molar-refractivity contribution >= 4 is 16.5 Å². The molecule has 0 saturated heterocycles. The summed E-state index contributed by atoms with van der Waals surface area (Å²) in [5.41, 5.74) is -0.798. The summed E-state index contributed by atoms with van der Waals surface area (Å²) in [5, 5.41) is 12.1. The summed E-state index contributed by atoms with van der Waals surface area (Å²) in [4.78, 5) is 22.1. The predicted molar refractivity (Wildman–Crippen MR) is 63.4 cm³/mol. The van der Waals surface area contributed by atoms with Gasteiger partial charge in [0, 0.05) is 0 Å². The van der Waals surface area contributed by atoms with Crippen LogP contribution >= 0.6 is 0 Å². The van der Waals surface area contributed by atoms with Gasteiger partial charge in [-0.2, -0.15) is 0 Å². The minimum absolute atomic E-state index is 0.240. The molecule has 5 nitrogen and oxygen atoms in total. The topological polar surface area (TPSA) is 69.4 Å². The minimum Gasteiger partial charge on any atom is -0.487 e. The van der Waals surface area contributed by atoms with Crippen LogP contribution < -0.4 is 10.2 Å². The fourth-order valence-electron chi connectivity index (χ4n) is 1.72. The lowest BCUT2D eigenvalue weighted by molar-refractivity contribution is -0.384. The van der Waals surface area contributed by atoms with Gasteiger partial charge in [-0.05, 0) is 17.5 Å². The molecule has 0 aliphatic heterocycles. The monoisotopic (exact) mass is 231 g/mol. The Morgan fingerprint density at radius 1 is 1.18 bits per heavy atom. The molecular formula is C12H9NO4. The van der Waals surface area contributed by atoms with Crippen LogP contribution in [0.2, 0.25) is 0 Å². The lowest BCUT2D eigenvalue weighted by atomic mass is 10.1. The van der Waals surface area contributed by atoms with Crippen molar-refractivity contribution in [3.63, 3.8) is 0 Å². The first kappa shape index (κ1) is 11.1. The van der Waals surface area contributed by atoms with Gasteiger partial charge in [-0.25, -0.2) is 0 Å². The molecule has 2 aromatic carbocycles. The number of benzene rings is 1. The number of rotatable bonds is 2. The van der Waals surface area contributed by atoms with Crippen LogP contribution in [0.25, 0.3) is 10.8 Å². The summed E-state index contributed by atoms with van der Waals surface area (Å²) >= 11 is 0. The molecule has 17 heavy (non-hydrogen) atoms. The van der Waals surface area contributed by atoms with E-state index in [1.807, 2.05) is 0 Å². The van der Waals surface area contributed by atoms with E-state index in [-0.39, 0.29) is 11.4 Å². The Morgan fingerprint density at radius 2 is 1.88 bits per heavy atom. The third-order valence-corrected chi connectivity index (χ3v) is 2.46.